The molecule has 0 spiro atoms. The normalized spacial score (nSPS) is 16.8. The lowest BCUT2D eigenvalue weighted by Crippen LogP contribution is -2.34. The molecule has 0 atom stereocenters. The van der Waals surface area contributed by atoms with Crippen molar-refractivity contribution < 1.29 is 9.21 Å². The fourth-order valence-corrected chi connectivity index (χ4v) is 4.79. The van der Waals surface area contributed by atoms with Crippen molar-refractivity contribution in [1.29, 1.82) is 0 Å². The predicted molar refractivity (Wildman–Crippen MR) is 99.5 cm³/mol. The van der Waals surface area contributed by atoms with Crippen LogP contribution >= 0.6 is 11.8 Å². The minimum absolute atomic E-state index is 0.0372. The van der Waals surface area contributed by atoms with Gasteiger partial charge in [0.25, 0.3) is 0 Å². The van der Waals surface area contributed by atoms with Gasteiger partial charge in [-0.15, -0.1) is 0 Å². The van der Waals surface area contributed by atoms with E-state index < -0.39 is 0 Å². The first kappa shape index (κ1) is 17.4. The monoisotopic (exact) mass is 373 g/mol. The summed E-state index contributed by atoms with van der Waals surface area (Å²) in [4.78, 5) is 29.0. The Labute approximate surface area is 156 Å². The molecule has 0 unspecified atom stereocenters. The molecule has 26 heavy (non-hydrogen) atoms. The van der Waals surface area contributed by atoms with E-state index in [0.29, 0.717) is 18.3 Å². The number of carbonyl (C=O) groups excluding carboxylic acids is 1. The molecule has 1 amide bonds. The third-order valence-corrected chi connectivity index (χ3v) is 6.17. The van der Waals surface area contributed by atoms with Gasteiger partial charge >= 0.3 is 5.69 Å². The molecule has 6 nitrogen and oxygen atoms in total. The highest BCUT2D eigenvalue weighted by Gasteiger charge is 2.23. The van der Waals surface area contributed by atoms with Gasteiger partial charge in [0.2, 0.25) is 5.91 Å². The fraction of sp³-hybridized carbons (Fsp3) is 0.526. The second kappa shape index (κ2) is 7.70. The van der Waals surface area contributed by atoms with E-state index in [9.17, 15) is 9.59 Å². The van der Waals surface area contributed by atoms with E-state index in [2.05, 4.69) is 10.3 Å². The Kier molecular flexibility index (Phi) is 5.15. The molecule has 1 N–H and O–H groups in total. The molecule has 0 bridgehead atoms. The van der Waals surface area contributed by atoms with Crippen LogP contribution in [0.25, 0.3) is 0 Å². The molecule has 4 rings (SSSR count). The van der Waals surface area contributed by atoms with Crippen LogP contribution in [0.3, 0.4) is 0 Å². The lowest BCUT2D eigenvalue weighted by molar-refractivity contribution is -0.119. The first-order chi connectivity index (χ1) is 12.7. The third-order valence-electron chi connectivity index (χ3n) is 5.16. The minimum atomic E-state index is -0.263. The maximum absolute atomic E-state index is 12.5. The molecular weight excluding hydrogens is 350 g/mol. The van der Waals surface area contributed by atoms with E-state index in [1.54, 1.807) is 10.8 Å². The molecule has 1 saturated carbocycles. The number of nitrogens with zero attached hydrogens (tertiary/aromatic N) is 2. The van der Waals surface area contributed by atoms with Gasteiger partial charge in [0, 0.05) is 17.3 Å². The van der Waals surface area contributed by atoms with Gasteiger partial charge in [-0.1, -0.05) is 24.6 Å². The maximum Gasteiger partial charge on any atom is 0.349 e. The van der Waals surface area contributed by atoms with Crippen LogP contribution in [-0.2, 0) is 24.2 Å². The van der Waals surface area contributed by atoms with Crippen LogP contribution in [0.5, 0.6) is 0 Å². The zero-order valence-corrected chi connectivity index (χ0v) is 15.5. The number of rotatable bonds is 6. The quantitative estimate of drug-likeness (QED) is 0.622. The van der Waals surface area contributed by atoms with Crippen molar-refractivity contribution in [3.8, 4) is 0 Å². The van der Waals surface area contributed by atoms with Crippen molar-refractivity contribution in [3.63, 3.8) is 0 Å². The van der Waals surface area contributed by atoms with Gasteiger partial charge in [0.15, 0.2) is 0 Å². The molecule has 2 aliphatic carbocycles. The Morgan fingerprint density at radius 1 is 1.31 bits per heavy atom. The van der Waals surface area contributed by atoms with Gasteiger partial charge in [-0.05, 0) is 44.2 Å². The molecule has 2 aromatic heterocycles. The van der Waals surface area contributed by atoms with Crippen LogP contribution in [0.1, 0.15) is 49.1 Å². The van der Waals surface area contributed by atoms with Crippen LogP contribution in [0.4, 0.5) is 0 Å². The molecule has 0 radical (unpaired) electrons. The fourth-order valence-electron chi connectivity index (χ4n) is 3.90. The van der Waals surface area contributed by atoms with Crippen LogP contribution < -0.4 is 11.0 Å². The Bertz CT molecular complexity index is 838. The highest BCUT2D eigenvalue weighted by atomic mass is 32.2. The van der Waals surface area contributed by atoms with E-state index in [0.717, 1.165) is 54.1 Å². The number of amides is 1. The van der Waals surface area contributed by atoms with Gasteiger partial charge < -0.3 is 9.73 Å². The summed E-state index contributed by atoms with van der Waals surface area (Å²) in [5, 5.41) is 3.81. The molecule has 2 aliphatic rings. The Morgan fingerprint density at radius 3 is 2.92 bits per heavy atom. The smallest absolute Gasteiger partial charge is 0.349 e. The number of nitrogens with one attached hydrogen (secondary N) is 1. The van der Waals surface area contributed by atoms with Crippen molar-refractivity contribution in [2.45, 2.75) is 62.6 Å². The van der Waals surface area contributed by atoms with Crippen molar-refractivity contribution in [3.05, 3.63) is 45.9 Å². The first-order valence-electron chi connectivity index (χ1n) is 9.28. The van der Waals surface area contributed by atoms with Crippen molar-refractivity contribution >= 4 is 17.7 Å². The number of carbonyl (C=O) groups is 1. The van der Waals surface area contributed by atoms with E-state index in [4.69, 9.17) is 4.42 Å². The Morgan fingerprint density at radius 2 is 2.15 bits per heavy atom. The number of hydrogen-bond donors (Lipinski definition) is 1. The van der Waals surface area contributed by atoms with E-state index in [1.807, 2.05) is 12.1 Å². The number of hydrogen-bond acceptors (Lipinski definition) is 5. The van der Waals surface area contributed by atoms with Crippen LogP contribution in [0, 0.1) is 0 Å². The summed E-state index contributed by atoms with van der Waals surface area (Å²) >= 11 is 1.39. The largest absolute Gasteiger partial charge is 0.467 e. The SMILES string of the molecule is O=C(CSc1nc(=O)n(Cc2ccco2)c2c1CCC2)NC1CCCC1. The molecule has 2 aromatic rings. The lowest BCUT2D eigenvalue weighted by atomic mass is 10.2. The number of furan rings is 1. The molecule has 7 heteroatoms. The summed E-state index contributed by atoms with van der Waals surface area (Å²) in [7, 11) is 0. The molecule has 0 saturated heterocycles. The average molecular weight is 373 g/mol. The number of aromatic nitrogens is 2. The average Bonchev–Trinajstić information content (AvgIpc) is 3.37. The topological polar surface area (TPSA) is 77.1 Å². The summed E-state index contributed by atoms with van der Waals surface area (Å²) in [6, 6.07) is 4.01. The molecule has 2 heterocycles. The van der Waals surface area contributed by atoms with Gasteiger partial charge in [-0.25, -0.2) is 4.79 Å². The highest BCUT2D eigenvalue weighted by molar-refractivity contribution is 7.99. The minimum Gasteiger partial charge on any atom is -0.467 e. The summed E-state index contributed by atoms with van der Waals surface area (Å²) in [6.45, 7) is 0.411. The maximum atomic E-state index is 12.5. The summed E-state index contributed by atoms with van der Waals surface area (Å²) in [6.07, 6.45) is 8.95. The Hall–Kier alpha value is -2.02. The zero-order chi connectivity index (χ0) is 17.9. The number of fused-ring (bicyclic) bond motifs is 1. The van der Waals surface area contributed by atoms with E-state index in [1.165, 1.54) is 24.6 Å². The van der Waals surface area contributed by atoms with Gasteiger partial charge in [-0.3, -0.25) is 9.36 Å². The lowest BCUT2D eigenvalue weighted by Gasteiger charge is -2.14. The van der Waals surface area contributed by atoms with Gasteiger partial charge in [0.05, 0.1) is 18.6 Å². The molecule has 0 aliphatic heterocycles. The standard InChI is InChI=1S/C19H23N3O3S/c23-17(20-13-5-1-2-6-13)12-26-18-15-8-3-9-16(15)22(19(24)21-18)11-14-7-4-10-25-14/h4,7,10,13H,1-3,5-6,8-9,11-12H2,(H,20,23). The second-order valence-electron chi connectivity index (χ2n) is 6.98. The van der Waals surface area contributed by atoms with E-state index >= 15 is 0 Å². The number of thioether (sulfide) groups is 1. The zero-order valence-electron chi connectivity index (χ0n) is 14.7. The predicted octanol–water partition coefficient (Wildman–Crippen LogP) is 2.52. The highest BCUT2D eigenvalue weighted by Crippen LogP contribution is 2.29. The third kappa shape index (κ3) is 3.72. The summed E-state index contributed by atoms with van der Waals surface area (Å²) < 4.78 is 7.09. The molecular formula is C19H23N3O3S. The summed E-state index contributed by atoms with van der Waals surface area (Å²) in [5.74, 6) is 1.10. The summed E-state index contributed by atoms with van der Waals surface area (Å²) in [5.41, 5.74) is 1.90. The van der Waals surface area contributed by atoms with Crippen LogP contribution in [0.15, 0.2) is 32.6 Å². The van der Waals surface area contributed by atoms with Gasteiger partial charge in [0.1, 0.15) is 10.8 Å². The van der Waals surface area contributed by atoms with Crippen LogP contribution in [-0.4, -0.2) is 27.3 Å². The van der Waals surface area contributed by atoms with Gasteiger partial charge in [-0.2, -0.15) is 4.98 Å². The van der Waals surface area contributed by atoms with Crippen LogP contribution in [0.2, 0.25) is 0 Å². The Balaban J connectivity index is 1.48. The first-order valence-corrected chi connectivity index (χ1v) is 10.3. The molecule has 0 aromatic carbocycles. The van der Waals surface area contributed by atoms with Crippen molar-refractivity contribution in [2.75, 3.05) is 5.75 Å². The molecule has 1 fully saturated rings. The van der Waals surface area contributed by atoms with Crippen molar-refractivity contribution in [1.82, 2.24) is 14.9 Å². The second-order valence-corrected chi connectivity index (χ2v) is 7.95. The van der Waals surface area contributed by atoms with E-state index in [-0.39, 0.29) is 11.6 Å². The van der Waals surface area contributed by atoms with Crippen molar-refractivity contribution in [2.24, 2.45) is 0 Å². The molecule has 138 valence electrons.